The molecule has 2 fully saturated rings. The zero-order valence-electron chi connectivity index (χ0n) is 11.1. The minimum Gasteiger partial charge on any atom is -0.384 e. The Hall–Kier alpha value is -0.910. The van der Waals surface area contributed by atoms with Gasteiger partial charge >= 0.3 is 0 Å². The summed E-state index contributed by atoms with van der Waals surface area (Å²) in [5.74, 6) is 0.655. The van der Waals surface area contributed by atoms with Gasteiger partial charge < -0.3 is 14.4 Å². The average molecular weight is 281 g/mol. The monoisotopic (exact) mass is 281 g/mol. The van der Waals surface area contributed by atoms with Crippen molar-refractivity contribution in [2.45, 2.75) is 6.42 Å². The first-order valence-electron chi connectivity index (χ1n) is 6.59. The SMILES string of the molecule is COC[C@]12COC[C@H]1CN(C(=O)Cc1ccsc1)C2. The quantitative estimate of drug-likeness (QED) is 0.837. The number of methoxy groups -OCH3 is 1. The van der Waals surface area contributed by atoms with Gasteiger partial charge in [-0.1, -0.05) is 0 Å². The molecule has 1 aromatic heterocycles. The lowest BCUT2D eigenvalue weighted by molar-refractivity contribution is -0.130. The standard InChI is InChI=1S/C14H19NO3S/c1-17-9-14-8-15(5-12(14)6-18-10-14)13(16)4-11-2-3-19-7-11/h2-3,7,12H,4-6,8-10H2,1H3/t12-,14-/m1/s1. The van der Waals surface area contributed by atoms with Crippen molar-refractivity contribution in [2.24, 2.45) is 11.3 Å². The zero-order chi connectivity index (χ0) is 13.3. The number of hydrogen-bond acceptors (Lipinski definition) is 4. The molecule has 1 amide bonds. The third-order valence-electron chi connectivity index (χ3n) is 4.24. The van der Waals surface area contributed by atoms with Crippen LogP contribution in [-0.2, 0) is 20.7 Å². The van der Waals surface area contributed by atoms with Crippen molar-refractivity contribution in [3.8, 4) is 0 Å². The number of nitrogens with zero attached hydrogens (tertiary/aromatic N) is 1. The normalized spacial score (nSPS) is 29.7. The van der Waals surface area contributed by atoms with Gasteiger partial charge in [0.15, 0.2) is 0 Å². The second-order valence-electron chi connectivity index (χ2n) is 5.59. The summed E-state index contributed by atoms with van der Waals surface area (Å²) >= 11 is 1.64. The molecule has 0 unspecified atom stereocenters. The molecule has 0 saturated carbocycles. The fourth-order valence-electron chi connectivity index (χ4n) is 3.19. The van der Waals surface area contributed by atoms with Crippen LogP contribution in [0.15, 0.2) is 16.8 Å². The second kappa shape index (κ2) is 5.23. The van der Waals surface area contributed by atoms with Gasteiger partial charge in [0, 0.05) is 31.5 Å². The molecule has 2 saturated heterocycles. The molecule has 3 rings (SSSR count). The summed E-state index contributed by atoms with van der Waals surface area (Å²) in [4.78, 5) is 14.3. The van der Waals surface area contributed by atoms with Crippen LogP contribution >= 0.6 is 11.3 Å². The number of hydrogen-bond donors (Lipinski definition) is 0. The Morgan fingerprint density at radius 2 is 2.58 bits per heavy atom. The largest absolute Gasteiger partial charge is 0.384 e. The van der Waals surface area contributed by atoms with Gasteiger partial charge in [-0.05, 0) is 22.4 Å². The van der Waals surface area contributed by atoms with Crippen molar-refractivity contribution in [1.82, 2.24) is 4.90 Å². The van der Waals surface area contributed by atoms with Crippen molar-refractivity contribution < 1.29 is 14.3 Å². The van der Waals surface area contributed by atoms with Crippen molar-refractivity contribution in [1.29, 1.82) is 0 Å². The molecule has 0 aromatic carbocycles. The minimum atomic E-state index is 0.0268. The fraction of sp³-hybridized carbons (Fsp3) is 0.643. The van der Waals surface area contributed by atoms with Crippen molar-refractivity contribution in [3.05, 3.63) is 22.4 Å². The first-order valence-corrected chi connectivity index (χ1v) is 7.53. The fourth-order valence-corrected chi connectivity index (χ4v) is 3.86. The molecule has 2 aliphatic heterocycles. The maximum absolute atomic E-state index is 12.3. The highest BCUT2D eigenvalue weighted by atomic mass is 32.1. The van der Waals surface area contributed by atoms with E-state index in [0.29, 0.717) is 25.6 Å². The average Bonchev–Trinajstić information content (AvgIpc) is 3.03. The number of rotatable bonds is 4. The smallest absolute Gasteiger partial charge is 0.227 e. The number of thiophene rings is 1. The van der Waals surface area contributed by atoms with E-state index in [9.17, 15) is 4.79 Å². The molecule has 0 N–H and O–H groups in total. The van der Waals surface area contributed by atoms with Gasteiger partial charge in [0.1, 0.15) is 0 Å². The Labute approximate surface area is 117 Å². The Balaban J connectivity index is 1.66. The van der Waals surface area contributed by atoms with E-state index in [2.05, 4.69) is 0 Å². The van der Waals surface area contributed by atoms with E-state index in [1.54, 1.807) is 18.4 Å². The first-order chi connectivity index (χ1) is 9.23. The van der Waals surface area contributed by atoms with Crippen molar-refractivity contribution >= 4 is 17.2 Å². The maximum atomic E-state index is 12.3. The number of amides is 1. The lowest BCUT2D eigenvalue weighted by atomic mass is 9.82. The van der Waals surface area contributed by atoms with Gasteiger partial charge in [-0.3, -0.25) is 4.79 Å². The van der Waals surface area contributed by atoms with E-state index in [1.165, 1.54) is 0 Å². The summed E-state index contributed by atoms with van der Waals surface area (Å²) in [5.41, 5.74) is 1.14. The molecule has 104 valence electrons. The molecule has 0 bridgehead atoms. The molecule has 2 aliphatic rings. The summed E-state index contributed by atoms with van der Waals surface area (Å²) in [6.45, 7) is 3.74. The van der Waals surface area contributed by atoms with Crippen LogP contribution in [-0.4, -0.2) is 50.8 Å². The van der Waals surface area contributed by atoms with Crippen molar-refractivity contribution in [3.63, 3.8) is 0 Å². The third-order valence-corrected chi connectivity index (χ3v) is 4.97. The lowest BCUT2D eigenvalue weighted by Crippen LogP contribution is -2.37. The molecule has 3 heterocycles. The highest BCUT2D eigenvalue weighted by Crippen LogP contribution is 2.41. The highest BCUT2D eigenvalue weighted by molar-refractivity contribution is 7.07. The number of carbonyl (C=O) groups excluding carboxylic acids is 1. The van der Waals surface area contributed by atoms with E-state index in [-0.39, 0.29) is 11.3 Å². The van der Waals surface area contributed by atoms with Gasteiger partial charge in [0.2, 0.25) is 5.91 Å². The molecular formula is C14H19NO3S. The number of fused-ring (bicyclic) bond motifs is 1. The lowest BCUT2D eigenvalue weighted by Gasteiger charge is -2.25. The van der Waals surface area contributed by atoms with E-state index in [4.69, 9.17) is 9.47 Å². The minimum absolute atomic E-state index is 0.0268. The molecular weight excluding hydrogens is 262 g/mol. The topological polar surface area (TPSA) is 38.8 Å². The summed E-state index contributed by atoms with van der Waals surface area (Å²) in [6, 6.07) is 2.02. The molecule has 0 spiro atoms. The van der Waals surface area contributed by atoms with Gasteiger partial charge in [-0.15, -0.1) is 0 Å². The highest BCUT2D eigenvalue weighted by Gasteiger charge is 2.51. The Kier molecular flexibility index (Phi) is 3.60. The second-order valence-corrected chi connectivity index (χ2v) is 6.37. The third kappa shape index (κ3) is 2.42. The molecule has 5 heteroatoms. The van der Waals surface area contributed by atoms with Crippen LogP contribution < -0.4 is 0 Å². The predicted molar refractivity (Wildman–Crippen MR) is 73.2 cm³/mol. The van der Waals surface area contributed by atoms with Crippen LogP contribution in [0.2, 0.25) is 0 Å². The molecule has 1 aromatic rings. The van der Waals surface area contributed by atoms with Gasteiger partial charge in [-0.25, -0.2) is 0 Å². The zero-order valence-corrected chi connectivity index (χ0v) is 11.9. The Morgan fingerprint density at radius 1 is 1.68 bits per heavy atom. The number of ether oxygens (including phenoxy) is 2. The molecule has 19 heavy (non-hydrogen) atoms. The maximum Gasteiger partial charge on any atom is 0.227 e. The van der Waals surface area contributed by atoms with E-state index in [0.717, 1.165) is 25.3 Å². The van der Waals surface area contributed by atoms with E-state index in [1.807, 2.05) is 21.7 Å². The summed E-state index contributed by atoms with van der Waals surface area (Å²) in [5, 5.41) is 4.06. The first kappa shape index (κ1) is 13.1. The van der Waals surface area contributed by atoms with Crippen LogP contribution in [0, 0.1) is 11.3 Å². The molecule has 0 aliphatic carbocycles. The summed E-state index contributed by atoms with van der Waals surface area (Å²) < 4.78 is 10.9. The van der Waals surface area contributed by atoms with Crippen molar-refractivity contribution in [2.75, 3.05) is 40.0 Å². The van der Waals surface area contributed by atoms with E-state index < -0.39 is 0 Å². The predicted octanol–water partition coefficient (Wildman–Crippen LogP) is 1.41. The summed E-state index contributed by atoms with van der Waals surface area (Å²) in [7, 11) is 1.72. The number of carbonyl (C=O) groups is 1. The van der Waals surface area contributed by atoms with E-state index >= 15 is 0 Å². The van der Waals surface area contributed by atoms with Crippen LogP contribution in [0.4, 0.5) is 0 Å². The van der Waals surface area contributed by atoms with Crippen LogP contribution in [0.1, 0.15) is 5.56 Å². The molecule has 2 atom stereocenters. The van der Waals surface area contributed by atoms with Gasteiger partial charge in [0.25, 0.3) is 0 Å². The van der Waals surface area contributed by atoms with Gasteiger partial charge in [0.05, 0.1) is 26.2 Å². The molecule has 4 nitrogen and oxygen atoms in total. The Bertz CT molecular complexity index is 448. The molecule has 0 radical (unpaired) electrons. The van der Waals surface area contributed by atoms with Crippen LogP contribution in [0.3, 0.4) is 0 Å². The van der Waals surface area contributed by atoms with Crippen LogP contribution in [0.5, 0.6) is 0 Å². The van der Waals surface area contributed by atoms with Gasteiger partial charge in [-0.2, -0.15) is 11.3 Å². The van der Waals surface area contributed by atoms with Crippen LogP contribution in [0.25, 0.3) is 0 Å². The Morgan fingerprint density at radius 3 is 3.32 bits per heavy atom. The summed E-state index contributed by atoms with van der Waals surface area (Å²) in [6.07, 6.45) is 0.514. The number of likely N-dealkylation sites (tertiary alicyclic amines) is 1.